The summed E-state index contributed by atoms with van der Waals surface area (Å²) in [7, 11) is 0. The first-order valence-corrected chi connectivity index (χ1v) is 4.77. The molecule has 2 rings (SSSR count). The first-order chi connectivity index (χ1) is 5.70. The van der Waals surface area contributed by atoms with Gasteiger partial charge in [-0.15, -0.1) is 11.3 Å². The predicted molar refractivity (Wildman–Crippen MR) is 51.7 cm³/mol. The summed E-state index contributed by atoms with van der Waals surface area (Å²) in [6.45, 7) is 0. The van der Waals surface area contributed by atoms with E-state index >= 15 is 0 Å². The molecule has 12 heavy (non-hydrogen) atoms. The lowest BCUT2D eigenvalue weighted by atomic mass is 10.5. The third-order valence-electron chi connectivity index (χ3n) is 1.46. The zero-order valence-electron chi connectivity index (χ0n) is 5.82. The normalized spacial score (nSPS) is 10.8. The lowest BCUT2D eigenvalue weighted by Gasteiger charge is -1.94. The van der Waals surface area contributed by atoms with Gasteiger partial charge < -0.3 is 5.84 Å². The number of nitrogens with zero attached hydrogens (tertiary/aromatic N) is 2. The number of nitrogens with two attached hydrogens (primary N) is 1. The quantitative estimate of drug-likeness (QED) is 0.703. The Bertz CT molecular complexity index is 489. The number of halogens is 1. The van der Waals surface area contributed by atoms with E-state index in [0.717, 1.165) is 9.15 Å². The number of aromatic nitrogens is 2. The van der Waals surface area contributed by atoms with Crippen LogP contribution in [0.4, 0.5) is 0 Å². The van der Waals surface area contributed by atoms with E-state index < -0.39 is 0 Å². The molecule has 0 spiro atoms. The van der Waals surface area contributed by atoms with Crippen LogP contribution in [0.5, 0.6) is 0 Å². The number of fused-ring (bicyclic) bond motifs is 1. The van der Waals surface area contributed by atoms with Crippen molar-refractivity contribution >= 4 is 37.5 Å². The molecule has 0 fully saturated rings. The molecular formula is C6H4BrN3OS. The van der Waals surface area contributed by atoms with Gasteiger partial charge >= 0.3 is 0 Å². The molecule has 2 N–H and O–H groups in total. The van der Waals surface area contributed by atoms with Crippen LogP contribution < -0.4 is 11.4 Å². The maximum absolute atomic E-state index is 11.3. The summed E-state index contributed by atoms with van der Waals surface area (Å²) >= 11 is 4.62. The molecule has 62 valence electrons. The second kappa shape index (κ2) is 2.56. The van der Waals surface area contributed by atoms with Crippen molar-refractivity contribution in [3.8, 4) is 0 Å². The molecule has 2 heterocycles. The summed E-state index contributed by atoms with van der Waals surface area (Å²) in [6.07, 6.45) is 1.31. The van der Waals surface area contributed by atoms with Crippen molar-refractivity contribution in [2.75, 3.05) is 5.84 Å². The van der Waals surface area contributed by atoms with Gasteiger partial charge in [0, 0.05) is 5.38 Å². The number of hydrogen-bond donors (Lipinski definition) is 1. The summed E-state index contributed by atoms with van der Waals surface area (Å²) in [4.78, 5) is 15.3. The third kappa shape index (κ3) is 0.953. The Kier molecular flexibility index (Phi) is 1.66. The predicted octanol–water partition coefficient (Wildman–Crippen LogP) is 0.934. The minimum absolute atomic E-state index is 0.212. The van der Waals surface area contributed by atoms with Crippen LogP contribution in [0, 0.1) is 0 Å². The lowest BCUT2D eigenvalue weighted by Crippen LogP contribution is -2.26. The van der Waals surface area contributed by atoms with Crippen LogP contribution in [-0.4, -0.2) is 9.66 Å². The highest BCUT2D eigenvalue weighted by Crippen LogP contribution is 2.24. The summed E-state index contributed by atoms with van der Waals surface area (Å²) < 4.78 is 2.39. The monoisotopic (exact) mass is 245 g/mol. The van der Waals surface area contributed by atoms with Crippen LogP contribution in [-0.2, 0) is 0 Å². The summed E-state index contributed by atoms with van der Waals surface area (Å²) in [5, 5.41) is 1.82. The van der Waals surface area contributed by atoms with Gasteiger partial charge in [0.2, 0.25) is 0 Å². The van der Waals surface area contributed by atoms with Crippen molar-refractivity contribution in [3.63, 3.8) is 0 Å². The van der Waals surface area contributed by atoms with Gasteiger partial charge in [0.25, 0.3) is 5.56 Å². The second-order valence-corrected chi connectivity index (χ2v) is 3.95. The van der Waals surface area contributed by atoms with Crippen LogP contribution >= 0.6 is 27.3 Å². The topological polar surface area (TPSA) is 60.9 Å². The van der Waals surface area contributed by atoms with E-state index in [0.29, 0.717) is 10.2 Å². The van der Waals surface area contributed by atoms with Crippen molar-refractivity contribution in [1.82, 2.24) is 9.66 Å². The van der Waals surface area contributed by atoms with Gasteiger partial charge in [0.15, 0.2) is 0 Å². The van der Waals surface area contributed by atoms with Crippen LogP contribution in [0.1, 0.15) is 0 Å². The van der Waals surface area contributed by atoms with Crippen molar-refractivity contribution in [3.05, 3.63) is 26.5 Å². The maximum atomic E-state index is 11.3. The molecule has 0 aliphatic rings. The molecule has 0 bridgehead atoms. The zero-order chi connectivity index (χ0) is 8.72. The molecule has 2 aromatic rings. The summed E-state index contributed by atoms with van der Waals surface area (Å²) in [6, 6.07) is 0. The summed E-state index contributed by atoms with van der Waals surface area (Å²) in [5.41, 5.74) is 0.461. The Labute approximate surface area is 79.7 Å². The number of nitrogen functional groups attached to an aromatic ring is 1. The second-order valence-electron chi connectivity index (χ2n) is 2.22. The van der Waals surface area contributed by atoms with Crippen LogP contribution in [0.2, 0.25) is 0 Å². The van der Waals surface area contributed by atoms with Gasteiger partial charge in [-0.3, -0.25) is 4.79 Å². The van der Waals surface area contributed by atoms with Gasteiger partial charge in [0.1, 0.15) is 16.5 Å². The van der Waals surface area contributed by atoms with Gasteiger partial charge in [-0.05, 0) is 15.9 Å². The van der Waals surface area contributed by atoms with E-state index in [2.05, 4.69) is 20.9 Å². The molecule has 0 amide bonds. The lowest BCUT2D eigenvalue weighted by molar-refractivity contribution is 0.916. The van der Waals surface area contributed by atoms with Crippen LogP contribution in [0.25, 0.3) is 10.2 Å². The fourth-order valence-electron chi connectivity index (χ4n) is 0.892. The first-order valence-electron chi connectivity index (χ1n) is 3.09. The molecule has 0 aromatic carbocycles. The van der Waals surface area contributed by atoms with E-state index in [1.54, 1.807) is 0 Å². The molecular weight excluding hydrogens is 242 g/mol. The van der Waals surface area contributed by atoms with E-state index in [1.165, 1.54) is 17.7 Å². The van der Waals surface area contributed by atoms with E-state index in [4.69, 9.17) is 5.84 Å². The number of rotatable bonds is 0. The highest BCUT2D eigenvalue weighted by atomic mass is 79.9. The van der Waals surface area contributed by atoms with Crippen molar-refractivity contribution in [2.24, 2.45) is 0 Å². The van der Waals surface area contributed by atoms with Gasteiger partial charge in [-0.2, -0.15) is 0 Å². The van der Waals surface area contributed by atoms with Gasteiger partial charge in [-0.25, -0.2) is 9.66 Å². The fraction of sp³-hybridized carbons (Fsp3) is 0. The molecule has 0 atom stereocenters. The number of hydrogen-bond acceptors (Lipinski definition) is 4. The van der Waals surface area contributed by atoms with Gasteiger partial charge in [-0.1, -0.05) is 0 Å². The van der Waals surface area contributed by atoms with Crippen molar-refractivity contribution in [1.29, 1.82) is 0 Å². The molecule has 4 nitrogen and oxygen atoms in total. The minimum atomic E-state index is -0.212. The Morgan fingerprint density at radius 2 is 2.42 bits per heavy atom. The molecule has 0 radical (unpaired) electrons. The highest BCUT2D eigenvalue weighted by molar-refractivity contribution is 9.10. The Morgan fingerprint density at radius 1 is 1.67 bits per heavy atom. The molecule has 0 aliphatic heterocycles. The third-order valence-corrected chi connectivity index (χ3v) is 3.33. The zero-order valence-corrected chi connectivity index (χ0v) is 8.22. The Balaban J connectivity index is 3.03. The number of thiophene rings is 1. The molecule has 0 aliphatic carbocycles. The standard InChI is InChI=1S/C6H4BrN3OS/c7-3-1-12-5-4(3)9-2-10(8)6(5)11/h1-2H,8H2. The van der Waals surface area contributed by atoms with E-state index in [1.807, 2.05) is 5.38 Å². The molecule has 2 aromatic heterocycles. The average Bonchev–Trinajstić information content (AvgIpc) is 2.41. The van der Waals surface area contributed by atoms with E-state index in [-0.39, 0.29) is 5.56 Å². The molecule has 0 saturated carbocycles. The van der Waals surface area contributed by atoms with Gasteiger partial charge in [0.05, 0.1) is 4.47 Å². The largest absolute Gasteiger partial charge is 0.335 e. The Morgan fingerprint density at radius 3 is 3.17 bits per heavy atom. The SMILES string of the molecule is Nn1cnc2c(Br)csc2c1=O. The minimum Gasteiger partial charge on any atom is -0.335 e. The maximum Gasteiger partial charge on any atom is 0.289 e. The van der Waals surface area contributed by atoms with Crippen molar-refractivity contribution in [2.45, 2.75) is 0 Å². The smallest absolute Gasteiger partial charge is 0.289 e. The summed E-state index contributed by atoms with van der Waals surface area (Å²) in [5.74, 6) is 5.33. The fourth-order valence-corrected chi connectivity index (χ4v) is 2.42. The van der Waals surface area contributed by atoms with E-state index in [9.17, 15) is 4.79 Å². The molecule has 0 saturated heterocycles. The Hall–Kier alpha value is -0.880. The average molecular weight is 246 g/mol. The first kappa shape index (κ1) is 7.75. The highest BCUT2D eigenvalue weighted by Gasteiger charge is 2.06. The molecule has 0 unspecified atom stereocenters. The van der Waals surface area contributed by atoms with Crippen LogP contribution in [0.3, 0.4) is 0 Å². The van der Waals surface area contributed by atoms with Crippen LogP contribution in [0.15, 0.2) is 21.0 Å². The molecule has 6 heteroatoms. The van der Waals surface area contributed by atoms with Crippen molar-refractivity contribution < 1.29 is 0 Å².